The Morgan fingerprint density at radius 2 is 2.25 bits per heavy atom. The molecular formula is C15H17N3OS. The van der Waals surface area contributed by atoms with Crippen LogP contribution in [0.3, 0.4) is 0 Å². The molecule has 1 aromatic heterocycles. The van der Waals surface area contributed by atoms with E-state index in [1.165, 1.54) is 0 Å². The van der Waals surface area contributed by atoms with Gasteiger partial charge in [0.05, 0.1) is 16.6 Å². The zero-order chi connectivity index (χ0) is 14.1. The monoisotopic (exact) mass is 287 g/mol. The molecule has 1 aromatic carbocycles. The molecule has 0 radical (unpaired) electrons. The van der Waals surface area contributed by atoms with E-state index in [1.807, 2.05) is 30.3 Å². The molecule has 20 heavy (non-hydrogen) atoms. The van der Waals surface area contributed by atoms with Crippen molar-refractivity contribution in [1.82, 2.24) is 4.98 Å². The van der Waals surface area contributed by atoms with Gasteiger partial charge in [0.15, 0.2) is 0 Å². The van der Waals surface area contributed by atoms with Crippen LogP contribution in [-0.4, -0.2) is 28.8 Å². The second-order valence-electron chi connectivity index (χ2n) is 4.96. The minimum atomic E-state index is 0.0844. The fourth-order valence-corrected chi connectivity index (χ4v) is 3.59. The third kappa shape index (κ3) is 2.51. The van der Waals surface area contributed by atoms with Gasteiger partial charge in [0.2, 0.25) is 0 Å². The maximum Gasteiger partial charge on any atom is 0.123 e. The van der Waals surface area contributed by atoms with Crippen molar-refractivity contribution < 1.29 is 4.74 Å². The van der Waals surface area contributed by atoms with Gasteiger partial charge in [-0.2, -0.15) is 0 Å². The zero-order valence-electron chi connectivity index (χ0n) is 11.3. The first-order valence-corrected chi connectivity index (χ1v) is 7.55. The Morgan fingerprint density at radius 1 is 1.45 bits per heavy atom. The van der Waals surface area contributed by atoms with Gasteiger partial charge >= 0.3 is 0 Å². The lowest BCUT2D eigenvalue weighted by Gasteiger charge is -2.14. The lowest BCUT2D eigenvalue weighted by atomic mass is 10.1. The van der Waals surface area contributed by atoms with Crippen LogP contribution in [0.4, 0.5) is 0 Å². The largest absolute Gasteiger partial charge is 0.384 e. The molecule has 0 aliphatic carbocycles. The molecule has 4 nitrogen and oxygen atoms in total. The van der Waals surface area contributed by atoms with E-state index in [9.17, 15) is 0 Å². The van der Waals surface area contributed by atoms with Crippen LogP contribution >= 0.6 is 11.8 Å². The number of aromatic nitrogens is 1. The Hall–Kier alpha value is -1.59. The van der Waals surface area contributed by atoms with E-state index in [0.29, 0.717) is 5.25 Å². The van der Waals surface area contributed by atoms with E-state index >= 15 is 0 Å². The number of para-hydroxylation sites is 1. The molecule has 0 spiro atoms. The number of fused-ring (bicyclic) bond motifs is 1. The molecule has 3 N–H and O–H groups in total. The van der Waals surface area contributed by atoms with Crippen molar-refractivity contribution in [1.29, 1.82) is 5.41 Å². The van der Waals surface area contributed by atoms with Crippen molar-refractivity contribution in [3.63, 3.8) is 0 Å². The maximum atomic E-state index is 7.75. The Bertz CT molecular complexity index is 659. The normalized spacial score (nSPS) is 22.2. The summed E-state index contributed by atoms with van der Waals surface area (Å²) < 4.78 is 5.59. The van der Waals surface area contributed by atoms with Gasteiger partial charge in [0, 0.05) is 22.8 Å². The van der Waals surface area contributed by atoms with Crippen LogP contribution in [0.1, 0.15) is 18.9 Å². The highest BCUT2D eigenvalue weighted by Crippen LogP contribution is 2.33. The van der Waals surface area contributed by atoms with Crippen LogP contribution in [0.2, 0.25) is 0 Å². The number of nitrogens with one attached hydrogen (secondary N) is 1. The predicted molar refractivity (Wildman–Crippen MR) is 82.4 cm³/mol. The summed E-state index contributed by atoms with van der Waals surface area (Å²) in [6.45, 7) is 2.91. The molecule has 0 amide bonds. The number of hydrogen-bond donors (Lipinski definition) is 2. The first kappa shape index (κ1) is 13.4. The van der Waals surface area contributed by atoms with Crippen LogP contribution in [0.25, 0.3) is 10.9 Å². The van der Waals surface area contributed by atoms with Gasteiger partial charge in [-0.05, 0) is 25.5 Å². The summed E-state index contributed by atoms with van der Waals surface area (Å²) in [5.74, 6) is 0.0844. The first-order valence-electron chi connectivity index (χ1n) is 6.67. The third-order valence-electron chi connectivity index (χ3n) is 3.56. The van der Waals surface area contributed by atoms with Crippen molar-refractivity contribution in [2.75, 3.05) is 6.61 Å². The number of nitrogens with two attached hydrogens (primary N) is 1. The fraction of sp³-hybridized carbons (Fsp3) is 0.333. The van der Waals surface area contributed by atoms with E-state index in [1.54, 1.807) is 11.8 Å². The fourth-order valence-electron chi connectivity index (χ4n) is 2.46. The number of nitrogen functional groups attached to an aromatic ring is 1. The Labute approximate surface area is 122 Å². The molecule has 1 aliphatic rings. The Balaban J connectivity index is 2.01. The summed E-state index contributed by atoms with van der Waals surface area (Å²) >= 11 is 1.72. The second kappa shape index (κ2) is 5.42. The maximum absolute atomic E-state index is 7.75. The molecule has 1 fully saturated rings. The average Bonchev–Trinajstić information content (AvgIpc) is 2.83. The van der Waals surface area contributed by atoms with Gasteiger partial charge in [-0.3, -0.25) is 5.41 Å². The first-order chi connectivity index (χ1) is 9.65. The summed E-state index contributed by atoms with van der Waals surface area (Å²) in [5, 5.41) is 10.0. The number of thioether (sulfide) groups is 1. The quantitative estimate of drug-likeness (QED) is 0.672. The van der Waals surface area contributed by atoms with E-state index in [0.717, 1.165) is 34.5 Å². The van der Waals surface area contributed by atoms with Crippen LogP contribution in [0.5, 0.6) is 0 Å². The lowest BCUT2D eigenvalue weighted by Crippen LogP contribution is -2.15. The zero-order valence-corrected chi connectivity index (χ0v) is 12.1. The van der Waals surface area contributed by atoms with Gasteiger partial charge in [-0.1, -0.05) is 18.2 Å². The minimum Gasteiger partial charge on any atom is -0.384 e. The van der Waals surface area contributed by atoms with Crippen molar-refractivity contribution >= 4 is 28.5 Å². The SMILES string of the molecule is CC1OCCC1Sc1cc(C(=N)N)c2ccccc2n1. The highest BCUT2D eigenvalue weighted by Gasteiger charge is 2.26. The highest BCUT2D eigenvalue weighted by molar-refractivity contribution is 7.99. The smallest absolute Gasteiger partial charge is 0.123 e. The molecule has 2 heterocycles. The number of nitrogens with zero attached hydrogens (tertiary/aromatic N) is 1. The van der Waals surface area contributed by atoms with Gasteiger partial charge in [-0.25, -0.2) is 4.98 Å². The standard InChI is InChI=1S/C15H17N3OS/c1-9-13(6-7-19-9)20-14-8-11(15(16)17)10-4-2-3-5-12(10)18-14/h2-5,8-9,13H,6-7H2,1H3,(H3,16,17). The van der Waals surface area contributed by atoms with Gasteiger partial charge in [0.1, 0.15) is 5.84 Å². The van der Waals surface area contributed by atoms with Crippen molar-refractivity contribution in [2.45, 2.75) is 29.7 Å². The van der Waals surface area contributed by atoms with Crippen molar-refractivity contribution in [3.8, 4) is 0 Å². The number of amidine groups is 1. The molecule has 1 saturated heterocycles. The van der Waals surface area contributed by atoms with E-state index in [-0.39, 0.29) is 11.9 Å². The molecule has 0 saturated carbocycles. The molecule has 0 bridgehead atoms. The molecule has 2 unspecified atom stereocenters. The summed E-state index contributed by atoms with van der Waals surface area (Å²) in [5.41, 5.74) is 7.34. The Morgan fingerprint density at radius 3 is 2.95 bits per heavy atom. The average molecular weight is 287 g/mol. The molecule has 3 rings (SSSR count). The predicted octanol–water partition coefficient (Wildman–Crippen LogP) is 2.79. The van der Waals surface area contributed by atoms with Crippen molar-refractivity contribution in [2.24, 2.45) is 5.73 Å². The summed E-state index contributed by atoms with van der Waals surface area (Å²) in [6, 6.07) is 9.72. The molecule has 1 aliphatic heterocycles. The topological polar surface area (TPSA) is 72.0 Å². The van der Waals surface area contributed by atoms with Crippen LogP contribution in [-0.2, 0) is 4.74 Å². The van der Waals surface area contributed by atoms with E-state index in [2.05, 4.69) is 11.9 Å². The van der Waals surface area contributed by atoms with Crippen molar-refractivity contribution in [3.05, 3.63) is 35.9 Å². The van der Waals surface area contributed by atoms with E-state index < -0.39 is 0 Å². The molecule has 5 heteroatoms. The number of benzene rings is 1. The number of rotatable bonds is 3. The lowest BCUT2D eigenvalue weighted by molar-refractivity contribution is 0.127. The summed E-state index contributed by atoms with van der Waals surface area (Å²) in [7, 11) is 0. The minimum absolute atomic E-state index is 0.0844. The van der Waals surface area contributed by atoms with Gasteiger partial charge in [0.25, 0.3) is 0 Å². The summed E-state index contributed by atoms with van der Waals surface area (Å²) in [4.78, 5) is 4.67. The molecular weight excluding hydrogens is 270 g/mol. The summed E-state index contributed by atoms with van der Waals surface area (Å²) in [6.07, 6.45) is 1.28. The highest BCUT2D eigenvalue weighted by atomic mass is 32.2. The number of ether oxygens (including phenoxy) is 1. The van der Waals surface area contributed by atoms with Gasteiger partial charge < -0.3 is 10.5 Å². The number of pyridine rings is 1. The second-order valence-corrected chi connectivity index (χ2v) is 6.22. The third-order valence-corrected chi connectivity index (χ3v) is 4.93. The van der Waals surface area contributed by atoms with Crippen LogP contribution in [0.15, 0.2) is 35.4 Å². The molecule has 104 valence electrons. The molecule has 2 atom stereocenters. The van der Waals surface area contributed by atoms with E-state index in [4.69, 9.17) is 15.9 Å². The molecule has 2 aromatic rings. The Kier molecular flexibility index (Phi) is 3.63. The van der Waals surface area contributed by atoms with Crippen LogP contribution in [0, 0.1) is 5.41 Å². The number of hydrogen-bond acceptors (Lipinski definition) is 4. The van der Waals surface area contributed by atoms with Crippen LogP contribution < -0.4 is 5.73 Å². The van der Waals surface area contributed by atoms with Gasteiger partial charge in [-0.15, -0.1) is 11.8 Å².